The van der Waals surface area contributed by atoms with E-state index in [0.29, 0.717) is 31.8 Å². The van der Waals surface area contributed by atoms with Crippen LogP contribution in [-0.4, -0.2) is 48.1 Å². The molecule has 23 heavy (non-hydrogen) atoms. The third kappa shape index (κ3) is 2.92. The lowest BCUT2D eigenvalue weighted by molar-refractivity contribution is -0.125. The molecule has 1 N–H and O–H groups in total. The smallest absolute Gasteiger partial charge is 0.227 e. The molecule has 0 radical (unpaired) electrons. The van der Waals surface area contributed by atoms with E-state index in [4.69, 9.17) is 4.74 Å². The van der Waals surface area contributed by atoms with Crippen LogP contribution in [0.15, 0.2) is 30.3 Å². The molecule has 0 unspecified atom stereocenters. The summed E-state index contributed by atoms with van der Waals surface area (Å²) in [6.45, 7) is 2.96. The van der Waals surface area contributed by atoms with Crippen LogP contribution in [0, 0.1) is 11.7 Å². The summed E-state index contributed by atoms with van der Waals surface area (Å²) in [4.78, 5) is 18.7. The van der Waals surface area contributed by atoms with Crippen LogP contribution >= 0.6 is 0 Å². The van der Waals surface area contributed by atoms with Crippen LogP contribution in [0.3, 0.4) is 0 Å². The molecule has 4 rings (SSSR count). The summed E-state index contributed by atoms with van der Waals surface area (Å²) in [6, 6.07) is 8.79. The highest BCUT2D eigenvalue weighted by molar-refractivity contribution is 5.80. The Hall–Kier alpha value is -2.05. The van der Waals surface area contributed by atoms with Gasteiger partial charge in [-0.25, -0.2) is 9.37 Å². The normalized spacial score (nSPS) is 25.2. The Morgan fingerprint density at radius 1 is 1.26 bits per heavy atom. The van der Waals surface area contributed by atoms with Crippen molar-refractivity contribution in [2.75, 3.05) is 26.3 Å². The van der Waals surface area contributed by atoms with E-state index in [2.05, 4.69) is 15.2 Å². The van der Waals surface area contributed by atoms with Gasteiger partial charge in [-0.1, -0.05) is 18.2 Å². The Balaban J connectivity index is 1.58. The zero-order valence-corrected chi connectivity index (χ0v) is 12.7. The van der Waals surface area contributed by atoms with Crippen LogP contribution in [0.1, 0.15) is 5.69 Å². The van der Waals surface area contributed by atoms with Gasteiger partial charge in [0.15, 0.2) is 0 Å². The van der Waals surface area contributed by atoms with Crippen molar-refractivity contribution in [1.29, 1.82) is 0 Å². The Morgan fingerprint density at radius 3 is 3.09 bits per heavy atom. The van der Waals surface area contributed by atoms with Crippen LogP contribution < -0.4 is 5.32 Å². The first-order valence-electron chi connectivity index (χ1n) is 7.83. The van der Waals surface area contributed by atoms with E-state index in [1.165, 1.54) is 6.07 Å². The van der Waals surface area contributed by atoms with Gasteiger partial charge in [0.2, 0.25) is 5.91 Å². The summed E-state index contributed by atoms with van der Waals surface area (Å²) in [5.74, 6) is -0.394. The summed E-state index contributed by atoms with van der Waals surface area (Å²) in [5.41, 5.74) is 1.22. The van der Waals surface area contributed by atoms with Crippen molar-refractivity contribution in [3.8, 4) is 0 Å². The molecular weight excluding hydrogens is 297 g/mol. The predicted octanol–water partition coefficient (Wildman–Crippen LogP) is 1.32. The molecule has 1 aromatic heterocycles. The second-order valence-corrected chi connectivity index (χ2v) is 6.25. The van der Waals surface area contributed by atoms with Gasteiger partial charge in [-0.2, -0.15) is 0 Å². The number of amides is 1. The molecule has 2 fully saturated rings. The lowest BCUT2D eigenvalue weighted by Gasteiger charge is -2.27. The fraction of sp³-hybridized carbons (Fsp3) is 0.412. The lowest BCUT2D eigenvalue weighted by Crippen LogP contribution is -2.41. The largest absolute Gasteiger partial charge is 0.378 e. The second-order valence-electron chi connectivity index (χ2n) is 6.25. The van der Waals surface area contributed by atoms with Gasteiger partial charge >= 0.3 is 0 Å². The van der Waals surface area contributed by atoms with E-state index >= 15 is 0 Å². The van der Waals surface area contributed by atoms with Gasteiger partial charge in [0, 0.05) is 25.0 Å². The topological polar surface area (TPSA) is 54.5 Å². The minimum Gasteiger partial charge on any atom is -0.378 e. The highest BCUT2D eigenvalue weighted by atomic mass is 19.1. The summed E-state index contributed by atoms with van der Waals surface area (Å²) in [7, 11) is 0. The van der Waals surface area contributed by atoms with E-state index in [-0.39, 0.29) is 23.7 Å². The predicted molar refractivity (Wildman–Crippen MR) is 83.2 cm³/mol. The Labute approximate surface area is 133 Å². The number of nitrogens with zero attached hydrogens (tertiary/aromatic N) is 2. The first-order chi connectivity index (χ1) is 11.2. The van der Waals surface area contributed by atoms with Crippen molar-refractivity contribution in [3.63, 3.8) is 0 Å². The fourth-order valence-electron chi connectivity index (χ4n) is 3.32. The molecule has 2 aliphatic heterocycles. The number of fused-ring (bicyclic) bond motifs is 4. The number of rotatable bonds is 2. The van der Waals surface area contributed by atoms with Crippen LogP contribution in [-0.2, 0) is 16.1 Å². The molecule has 0 saturated carbocycles. The molecule has 2 aliphatic rings. The number of para-hydroxylation sites is 1. The third-order valence-corrected chi connectivity index (χ3v) is 4.43. The van der Waals surface area contributed by atoms with Crippen LogP contribution in [0.25, 0.3) is 10.9 Å². The standard InChI is InChI=1S/C17H18FN3O2/c18-15-3-1-2-11-4-5-13(19-16(11)15)7-21-6-12-9-23-10-14(8-21)20-17(12)22/h1-5,12,14H,6-10H2,(H,20,22)/t12-,14+/m1/s1. The van der Waals surface area contributed by atoms with Gasteiger partial charge < -0.3 is 10.1 Å². The maximum absolute atomic E-state index is 13.9. The molecule has 3 heterocycles. The van der Waals surface area contributed by atoms with Gasteiger partial charge in [0.05, 0.1) is 30.9 Å². The number of carbonyl (C=O) groups is 1. The maximum Gasteiger partial charge on any atom is 0.227 e. The van der Waals surface area contributed by atoms with Gasteiger partial charge in [-0.3, -0.25) is 9.69 Å². The quantitative estimate of drug-likeness (QED) is 0.908. The number of ether oxygens (including phenoxy) is 1. The van der Waals surface area contributed by atoms with E-state index in [1.54, 1.807) is 6.07 Å². The summed E-state index contributed by atoms with van der Waals surface area (Å²) >= 11 is 0. The molecule has 0 spiro atoms. The first kappa shape index (κ1) is 14.5. The third-order valence-electron chi connectivity index (χ3n) is 4.43. The fourth-order valence-corrected chi connectivity index (χ4v) is 3.32. The molecule has 120 valence electrons. The average Bonchev–Trinajstić information content (AvgIpc) is 2.77. The minimum absolute atomic E-state index is 0.00666. The van der Waals surface area contributed by atoms with Gasteiger partial charge in [0.1, 0.15) is 11.3 Å². The molecule has 2 aromatic rings. The highest BCUT2D eigenvalue weighted by Gasteiger charge is 2.33. The molecular formula is C17H18FN3O2. The van der Waals surface area contributed by atoms with Gasteiger partial charge in [-0.05, 0) is 12.1 Å². The number of aromatic nitrogens is 1. The SMILES string of the molecule is O=C1N[C@@H]2COC[C@H]1CN(Cc1ccc3cccc(F)c3n1)C2. The summed E-state index contributed by atoms with van der Waals surface area (Å²) in [5, 5.41) is 3.81. The molecule has 1 amide bonds. The van der Waals surface area contributed by atoms with Crippen LogP contribution in [0.5, 0.6) is 0 Å². The molecule has 2 bridgehead atoms. The number of hydrogen-bond acceptors (Lipinski definition) is 4. The lowest BCUT2D eigenvalue weighted by atomic mass is 10.1. The average molecular weight is 315 g/mol. The Bertz CT molecular complexity index is 752. The molecule has 6 heteroatoms. The number of pyridine rings is 1. The van der Waals surface area contributed by atoms with Crippen molar-refractivity contribution >= 4 is 16.8 Å². The van der Waals surface area contributed by atoms with Crippen LogP contribution in [0.2, 0.25) is 0 Å². The second kappa shape index (κ2) is 5.86. The zero-order chi connectivity index (χ0) is 15.8. The number of halogens is 1. The van der Waals surface area contributed by atoms with Crippen molar-refractivity contribution < 1.29 is 13.9 Å². The first-order valence-corrected chi connectivity index (χ1v) is 7.83. The van der Waals surface area contributed by atoms with E-state index in [1.807, 2.05) is 18.2 Å². The monoisotopic (exact) mass is 315 g/mol. The van der Waals surface area contributed by atoms with Crippen molar-refractivity contribution in [2.45, 2.75) is 12.6 Å². The number of hydrogen-bond donors (Lipinski definition) is 1. The molecule has 2 atom stereocenters. The minimum atomic E-state index is -0.303. The Morgan fingerprint density at radius 2 is 2.17 bits per heavy atom. The van der Waals surface area contributed by atoms with Crippen molar-refractivity contribution in [1.82, 2.24) is 15.2 Å². The zero-order valence-electron chi connectivity index (χ0n) is 12.7. The highest BCUT2D eigenvalue weighted by Crippen LogP contribution is 2.19. The maximum atomic E-state index is 13.9. The molecule has 5 nitrogen and oxygen atoms in total. The Kier molecular flexibility index (Phi) is 3.71. The van der Waals surface area contributed by atoms with Crippen LogP contribution in [0.4, 0.5) is 4.39 Å². The van der Waals surface area contributed by atoms with Crippen molar-refractivity contribution in [2.24, 2.45) is 5.92 Å². The molecule has 0 aliphatic carbocycles. The van der Waals surface area contributed by atoms with Gasteiger partial charge in [-0.15, -0.1) is 0 Å². The summed E-state index contributed by atoms with van der Waals surface area (Å²) in [6.07, 6.45) is 0. The van der Waals surface area contributed by atoms with E-state index in [9.17, 15) is 9.18 Å². The van der Waals surface area contributed by atoms with Crippen molar-refractivity contribution in [3.05, 3.63) is 41.8 Å². The number of carbonyl (C=O) groups excluding carboxylic acids is 1. The molecule has 1 aromatic carbocycles. The number of nitrogens with one attached hydrogen (secondary N) is 1. The number of benzene rings is 1. The van der Waals surface area contributed by atoms with E-state index < -0.39 is 0 Å². The van der Waals surface area contributed by atoms with E-state index in [0.717, 1.165) is 17.6 Å². The summed E-state index contributed by atoms with van der Waals surface area (Å²) < 4.78 is 19.4. The van der Waals surface area contributed by atoms with Gasteiger partial charge in [0.25, 0.3) is 0 Å². The molecule has 2 saturated heterocycles.